The summed E-state index contributed by atoms with van der Waals surface area (Å²) in [6, 6.07) is 17.5. The number of nitrogens with zero attached hydrogens (tertiary/aromatic N) is 2. The van der Waals surface area contributed by atoms with Crippen LogP contribution in [0.15, 0.2) is 54.6 Å². The number of aryl methyl sites for hydroxylation is 1. The zero-order chi connectivity index (χ0) is 19.8. The summed E-state index contributed by atoms with van der Waals surface area (Å²) in [5, 5.41) is 2.64. The molecule has 148 valence electrons. The fourth-order valence-electron chi connectivity index (χ4n) is 3.19. The van der Waals surface area contributed by atoms with E-state index in [0.29, 0.717) is 18.8 Å². The number of carbonyl (C=O) groups excluding carboxylic acids is 2. The number of carbonyl (C=O) groups is 2. The van der Waals surface area contributed by atoms with E-state index < -0.39 is 0 Å². The van der Waals surface area contributed by atoms with Gasteiger partial charge in [-0.3, -0.25) is 14.5 Å². The summed E-state index contributed by atoms with van der Waals surface area (Å²) in [6.07, 6.45) is 0. The number of piperazine rings is 1. The summed E-state index contributed by atoms with van der Waals surface area (Å²) in [5.74, 6) is 0.285. The molecule has 2 amide bonds. The van der Waals surface area contributed by atoms with Crippen LogP contribution in [0.5, 0.6) is 5.75 Å². The first-order chi connectivity index (χ1) is 13.6. The monoisotopic (exact) mass is 381 g/mol. The molecule has 6 heteroatoms. The smallest absolute Gasteiger partial charge is 0.258 e. The molecule has 0 radical (unpaired) electrons. The number of amides is 2. The number of nitrogens with one attached hydrogen (secondary N) is 1. The summed E-state index contributed by atoms with van der Waals surface area (Å²) in [6.45, 7) is 5.98. The van der Waals surface area contributed by atoms with Gasteiger partial charge >= 0.3 is 0 Å². The Morgan fingerprint density at radius 1 is 0.964 bits per heavy atom. The van der Waals surface area contributed by atoms with Gasteiger partial charge in [-0.25, -0.2) is 0 Å². The highest BCUT2D eigenvalue weighted by Crippen LogP contribution is 2.12. The van der Waals surface area contributed by atoms with Crippen molar-refractivity contribution in [3.8, 4) is 5.75 Å². The van der Waals surface area contributed by atoms with Crippen molar-refractivity contribution in [1.29, 1.82) is 0 Å². The highest BCUT2D eigenvalue weighted by atomic mass is 16.5. The standard InChI is InChI=1S/C22H27N3O3/c1-18-7-5-6-8-19(18)16-24-11-13-25(14-12-24)22(27)15-23-21(26)17-28-20-9-3-2-4-10-20/h2-10H,11-17H2,1H3,(H,23,26). The SMILES string of the molecule is Cc1ccccc1CN1CCN(C(=O)CNC(=O)COc2ccccc2)CC1. The Labute approximate surface area is 166 Å². The van der Waals surface area contributed by atoms with Gasteiger partial charge in [-0.05, 0) is 30.2 Å². The van der Waals surface area contributed by atoms with Gasteiger partial charge in [0.1, 0.15) is 5.75 Å². The van der Waals surface area contributed by atoms with Gasteiger partial charge in [-0.1, -0.05) is 42.5 Å². The van der Waals surface area contributed by atoms with Gasteiger partial charge in [0, 0.05) is 32.7 Å². The Morgan fingerprint density at radius 3 is 2.36 bits per heavy atom. The fourth-order valence-corrected chi connectivity index (χ4v) is 3.19. The average Bonchev–Trinajstić information content (AvgIpc) is 2.73. The lowest BCUT2D eigenvalue weighted by Gasteiger charge is -2.35. The lowest BCUT2D eigenvalue weighted by molar-refractivity contribution is -0.134. The molecule has 0 aliphatic carbocycles. The van der Waals surface area contributed by atoms with E-state index in [0.717, 1.165) is 19.6 Å². The van der Waals surface area contributed by atoms with E-state index in [4.69, 9.17) is 4.74 Å². The first-order valence-corrected chi connectivity index (χ1v) is 9.61. The molecule has 28 heavy (non-hydrogen) atoms. The minimum Gasteiger partial charge on any atom is -0.484 e. The van der Waals surface area contributed by atoms with Crippen LogP contribution in [0.25, 0.3) is 0 Å². The first-order valence-electron chi connectivity index (χ1n) is 9.61. The van der Waals surface area contributed by atoms with Crippen LogP contribution in [0.4, 0.5) is 0 Å². The molecule has 2 aromatic carbocycles. The maximum atomic E-state index is 12.3. The van der Waals surface area contributed by atoms with E-state index in [9.17, 15) is 9.59 Å². The van der Waals surface area contributed by atoms with Gasteiger partial charge in [0.2, 0.25) is 5.91 Å². The second-order valence-corrected chi connectivity index (χ2v) is 6.96. The highest BCUT2D eigenvalue weighted by Gasteiger charge is 2.21. The number of ether oxygens (including phenoxy) is 1. The van der Waals surface area contributed by atoms with Crippen LogP contribution in [0.3, 0.4) is 0 Å². The Morgan fingerprint density at radius 2 is 1.64 bits per heavy atom. The van der Waals surface area contributed by atoms with E-state index in [-0.39, 0.29) is 25.0 Å². The Kier molecular flexibility index (Phi) is 7.03. The zero-order valence-corrected chi connectivity index (χ0v) is 16.3. The summed E-state index contributed by atoms with van der Waals surface area (Å²) < 4.78 is 5.38. The van der Waals surface area contributed by atoms with E-state index >= 15 is 0 Å². The molecule has 0 bridgehead atoms. The summed E-state index contributed by atoms with van der Waals surface area (Å²) in [4.78, 5) is 28.4. The quantitative estimate of drug-likeness (QED) is 0.795. The molecule has 0 saturated carbocycles. The third-order valence-electron chi connectivity index (χ3n) is 4.93. The van der Waals surface area contributed by atoms with Crippen molar-refractivity contribution >= 4 is 11.8 Å². The Balaban J connectivity index is 1.35. The van der Waals surface area contributed by atoms with Crippen molar-refractivity contribution in [3.05, 3.63) is 65.7 Å². The second kappa shape index (κ2) is 9.90. The molecule has 6 nitrogen and oxygen atoms in total. The summed E-state index contributed by atoms with van der Waals surface area (Å²) in [7, 11) is 0. The number of benzene rings is 2. The second-order valence-electron chi connectivity index (χ2n) is 6.96. The Hall–Kier alpha value is -2.86. The highest BCUT2D eigenvalue weighted by molar-refractivity contribution is 5.85. The van der Waals surface area contributed by atoms with Gasteiger partial charge in [0.05, 0.1) is 6.54 Å². The molecule has 1 heterocycles. The van der Waals surface area contributed by atoms with Crippen molar-refractivity contribution in [3.63, 3.8) is 0 Å². The molecule has 1 aliphatic heterocycles. The summed E-state index contributed by atoms with van der Waals surface area (Å²) >= 11 is 0. The number of rotatable bonds is 7. The van der Waals surface area contributed by atoms with Crippen LogP contribution in [-0.4, -0.2) is 60.9 Å². The van der Waals surface area contributed by atoms with E-state index in [2.05, 4.69) is 41.4 Å². The lowest BCUT2D eigenvalue weighted by atomic mass is 10.1. The molecule has 1 aliphatic rings. The molecule has 1 fully saturated rings. The molecular weight excluding hydrogens is 354 g/mol. The summed E-state index contributed by atoms with van der Waals surface area (Å²) in [5.41, 5.74) is 2.62. The predicted molar refractivity (Wildman–Crippen MR) is 108 cm³/mol. The molecule has 3 rings (SSSR count). The maximum absolute atomic E-state index is 12.3. The van der Waals surface area contributed by atoms with E-state index in [1.807, 2.05) is 23.1 Å². The van der Waals surface area contributed by atoms with Gasteiger partial charge in [-0.2, -0.15) is 0 Å². The average molecular weight is 381 g/mol. The van der Waals surface area contributed by atoms with Crippen molar-refractivity contribution in [1.82, 2.24) is 15.1 Å². The molecule has 2 aromatic rings. The van der Waals surface area contributed by atoms with E-state index in [1.54, 1.807) is 12.1 Å². The predicted octanol–water partition coefficient (Wildman–Crippen LogP) is 1.83. The number of hydrogen-bond acceptors (Lipinski definition) is 4. The molecule has 0 atom stereocenters. The number of para-hydroxylation sites is 1. The maximum Gasteiger partial charge on any atom is 0.258 e. The topological polar surface area (TPSA) is 61.9 Å². The van der Waals surface area contributed by atoms with Crippen LogP contribution in [0.2, 0.25) is 0 Å². The molecule has 0 unspecified atom stereocenters. The minimum absolute atomic E-state index is 0.00871. The number of hydrogen-bond donors (Lipinski definition) is 1. The van der Waals surface area contributed by atoms with Crippen LogP contribution in [0.1, 0.15) is 11.1 Å². The molecular formula is C22H27N3O3. The van der Waals surface area contributed by atoms with Crippen LogP contribution < -0.4 is 10.1 Å². The van der Waals surface area contributed by atoms with Crippen LogP contribution in [-0.2, 0) is 16.1 Å². The largest absolute Gasteiger partial charge is 0.484 e. The van der Waals surface area contributed by atoms with E-state index in [1.165, 1.54) is 11.1 Å². The van der Waals surface area contributed by atoms with Crippen molar-refractivity contribution in [2.45, 2.75) is 13.5 Å². The minimum atomic E-state index is -0.296. The molecule has 0 spiro atoms. The molecule has 0 aromatic heterocycles. The lowest BCUT2D eigenvalue weighted by Crippen LogP contribution is -2.51. The normalized spacial score (nSPS) is 14.5. The fraction of sp³-hybridized carbons (Fsp3) is 0.364. The van der Waals surface area contributed by atoms with Crippen molar-refractivity contribution in [2.75, 3.05) is 39.3 Å². The van der Waals surface area contributed by atoms with Gasteiger partial charge < -0.3 is 15.0 Å². The third kappa shape index (κ3) is 5.82. The van der Waals surface area contributed by atoms with Gasteiger partial charge in [0.25, 0.3) is 5.91 Å². The molecule has 1 saturated heterocycles. The third-order valence-corrected chi connectivity index (χ3v) is 4.93. The van der Waals surface area contributed by atoms with Gasteiger partial charge in [-0.15, -0.1) is 0 Å². The molecule has 1 N–H and O–H groups in total. The zero-order valence-electron chi connectivity index (χ0n) is 16.3. The Bertz CT molecular complexity index is 787. The van der Waals surface area contributed by atoms with Crippen LogP contribution in [0, 0.1) is 6.92 Å². The van der Waals surface area contributed by atoms with Crippen molar-refractivity contribution in [2.24, 2.45) is 0 Å². The van der Waals surface area contributed by atoms with Gasteiger partial charge in [0.15, 0.2) is 6.61 Å². The van der Waals surface area contributed by atoms with Crippen LogP contribution >= 0.6 is 0 Å². The first kappa shape index (κ1) is 19.9. The van der Waals surface area contributed by atoms with Crippen molar-refractivity contribution < 1.29 is 14.3 Å².